The lowest BCUT2D eigenvalue weighted by Crippen LogP contribution is -2.49. The first-order chi connectivity index (χ1) is 14.2. The van der Waals surface area contributed by atoms with Gasteiger partial charge in [0.25, 0.3) is 0 Å². The van der Waals surface area contributed by atoms with Crippen LogP contribution in [0, 0.1) is 6.92 Å². The van der Waals surface area contributed by atoms with Crippen LogP contribution in [0.3, 0.4) is 0 Å². The van der Waals surface area contributed by atoms with Crippen LogP contribution >= 0.6 is 0 Å². The minimum atomic E-state index is 0.217. The van der Waals surface area contributed by atoms with Gasteiger partial charge in [-0.25, -0.2) is 0 Å². The molecule has 0 fully saturated rings. The molecule has 140 valence electrons. The van der Waals surface area contributed by atoms with E-state index in [2.05, 4.69) is 106 Å². The van der Waals surface area contributed by atoms with Gasteiger partial charge in [0, 0.05) is 5.56 Å². The van der Waals surface area contributed by atoms with Crippen molar-refractivity contribution in [3.8, 4) is 22.6 Å². The molecule has 5 rings (SSSR count). The molecule has 0 saturated heterocycles. The van der Waals surface area contributed by atoms with E-state index in [-0.39, 0.29) is 6.71 Å². The number of allylic oxidation sites excluding steroid dienone is 2. The number of hydrogen-bond donors (Lipinski definition) is 0. The molecule has 1 aliphatic heterocycles. The molecular formula is C27H23BO. The predicted molar refractivity (Wildman–Crippen MR) is 125 cm³/mol. The molecule has 0 spiro atoms. The summed E-state index contributed by atoms with van der Waals surface area (Å²) in [4.78, 5) is 0. The zero-order chi connectivity index (χ0) is 20.0. The fourth-order valence-electron chi connectivity index (χ4n) is 4.56. The van der Waals surface area contributed by atoms with Gasteiger partial charge in [0.05, 0.1) is 0 Å². The highest BCUT2D eigenvalue weighted by Gasteiger charge is 2.34. The average Bonchev–Trinajstić information content (AvgIpc) is 2.77. The Bertz CT molecular complexity index is 1260. The van der Waals surface area contributed by atoms with Gasteiger partial charge in [0.2, 0.25) is 6.71 Å². The maximum Gasteiger partial charge on any atom is 0.246 e. The molecule has 1 aliphatic rings. The van der Waals surface area contributed by atoms with E-state index in [0.717, 1.165) is 17.1 Å². The van der Waals surface area contributed by atoms with Gasteiger partial charge in [-0.2, -0.15) is 0 Å². The first-order valence-corrected chi connectivity index (χ1v) is 10.2. The minimum Gasteiger partial charge on any atom is -0.458 e. The van der Waals surface area contributed by atoms with Crippen LogP contribution in [-0.2, 0) is 0 Å². The van der Waals surface area contributed by atoms with Crippen molar-refractivity contribution in [2.24, 2.45) is 0 Å². The van der Waals surface area contributed by atoms with Crippen LogP contribution in [0.15, 0.2) is 90.4 Å². The number of aryl methyl sites for hydroxylation is 1. The highest BCUT2D eigenvalue weighted by atomic mass is 16.5. The highest BCUT2D eigenvalue weighted by molar-refractivity contribution is 6.92. The number of fused-ring (bicyclic) bond motifs is 3. The Morgan fingerprint density at radius 2 is 1.59 bits per heavy atom. The van der Waals surface area contributed by atoms with E-state index in [9.17, 15) is 0 Å². The van der Waals surface area contributed by atoms with E-state index in [1.165, 1.54) is 38.3 Å². The van der Waals surface area contributed by atoms with Crippen molar-refractivity contribution in [2.75, 3.05) is 0 Å². The summed E-state index contributed by atoms with van der Waals surface area (Å²) in [5, 5.41) is 2.50. The van der Waals surface area contributed by atoms with Gasteiger partial charge < -0.3 is 4.74 Å². The normalized spacial score (nSPS) is 13.1. The van der Waals surface area contributed by atoms with Gasteiger partial charge >= 0.3 is 0 Å². The second-order valence-electron chi connectivity index (χ2n) is 7.81. The maximum atomic E-state index is 6.59. The molecule has 0 saturated carbocycles. The summed E-state index contributed by atoms with van der Waals surface area (Å²) < 4.78 is 6.59. The SMILES string of the molecule is C/C=C(\C)B1c2ccccc2Oc2c(-c3cccc4ccccc34)ccc(C)c21. The van der Waals surface area contributed by atoms with Crippen LogP contribution in [0.2, 0.25) is 0 Å². The first kappa shape index (κ1) is 17.8. The smallest absolute Gasteiger partial charge is 0.246 e. The Hall–Kier alpha value is -3.26. The number of ether oxygens (including phenoxy) is 1. The molecule has 0 N–H and O–H groups in total. The highest BCUT2D eigenvalue weighted by Crippen LogP contribution is 2.39. The Kier molecular flexibility index (Phi) is 4.28. The summed E-state index contributed by atoms with van der Waals surface area (Å²) in [5.41, 5.74) is 7.52. The number of benzene rings is 4. The third kappa shape index (κ3) is 2.79. The number of para-hydroxylation sites is 1. The standard InChI is InChI=1S/C27H23BO/c1-4-19(3)28-24-14-7-8-15-25(24)29-27-23(17-16-18(2)26(27)28)22-13-9-11-20-10-5-6-12-21(20)22/h4-17H,1-3H3/b19-4+. The van der Waals surface area contributed by atoms with E-state index in [1.807, 2.05) is 0 Å². The molecule has 29 heavy (non-hydrogen) atoms. The van der Waals surface area contributed by atoms with Crippen molar-refractivity contribution in [3.63, 3.8) is 0 Å². The number of hydrogen-bond acceptors (Lipinski definition) is 1. The van der Waals surface area contributed by atoms with Crippen molar-refractivity contribution < 1.29 is 4.74 Å². The lowest BCUT2D eigenvalue weighted by atomic mass is 9.34. The van der Waals surface area contributed by atoms with Crippen molar-refractivity contribution >= 4 is 28.4 Å². The Morgan fingerprint density at radius 1 is 0.828 bits per heavy atom. The Morgan fingerprint density at radius 3 is 2.45 bits per heavy atom. The van der Waals surface area contributed by atoms with Crippen LogP contribution in [0.5, 0.6) is 11.5 Å². The first-order valence-electron chi connectivity index (χ1n) is 10.2. The van der Waals surface area contributed by atoms with Crippen LogP contribution in [0.4, 0.5) is 0 Å². The number of rotatable bonds is 2. The van der Waals surface area contributed by atoms with Crippen LogP contribution in [0.1, 0.15) is 19.4 Å². The van der Waals surface area contributed by atoms with E-state index in [1.54, 1.807) is 0 Å². The van der Waals surface area contributed by atoms with Crippen molar-refractivity contribution in [3.05, 3.63) is 96.0 Å². The molecule has 1 heterocycles. The molecule has 0 amide bonds. The molecule has 4 aromatic carbocycles. The lowest BCUT2D eigenvalue weighted by Gasteiger charge is -2.30. The van der Waals surface area contributed by atoms with Gasteiger partial charge in [-0.15, -0.1) is 0 Å². The van der Waals surface area contributed by atoms with E-state index < -0.39 is 0 Å². The van der Waals surface area contributed by atoms with Gasteiger partial charge in [-0.05, 0) is 47.2 Å². The monoisotopic (exact) mass is 374 g/mol. The zero-order valence-electron chi connectivity index (χ0n) is 17.1. The Balaban J connectivity index is 1.83. The Labute approximate surface area is 172 Å². The lowest BCUT2D eigenvalue weighted by molar-refractivity contribution is 0.489. The summed E-state index contributed by atoms with van der Waals surface area (Å²) in [5.74, 6) is 1.95. The van der Waals surface area contributed by atoms with Crippen molar-refractivity contribution in [1.29, 1.82) is 0 Å². The van der Waals surface area contributed by atoms with Gasteiger partial charge in [-0.3, -0.25) is 0 Å². The minimum absolute atomic E-state index is 0.217. The summed E-state index contributed by atoms with van der Waals surface area (Å²) in [6.07, 6.45) is 2.22. The van der Waals surface area contributed by atoms with Crippen LogP contribution in [0.25, 0.3) is 21.9 Å². The van der Waals surface area contributed by atoms with E-state index in [0.29, 0.717) is 0 Å². The molecule has 0 unspecified atom stereocenters. The summed E-state index contributed by atoms with van der Waals surface area (Å²) in [6, 6.07) is 28.0. The second kappa shape index (κ2) is 6.97. The third-order valence-electron chi connectivity index (χ3n) is 6.14. The quantitative estimate of drug-likeness (QED) is 0.389. The fourth-order valence-corrected chi connectivity index (χ4v) is 4.56. The fraction of sp³-hybridized carbons (Fsp3) is 0.111. The zero-order valence-corrected chi connectivity index (χ0v) is 17.1. The van der Waals surface area contributed by atoms with Crippen molar-refractivity contribution in [1.82, 2.24) is 0 Å². The van der Waals surface area contributed by atoms with Gasteiger partial charge in [0.15, 0.2) is 0 Å². The summed E-state index contributed by atoms with van der Waals surface area (Å²) in [7, 11) is 0. The van der Waals surface area contributed by atoms with Crippen molar-refractivity contribution in [2.45, 2.75) is 20.8 Å². The molecule has 0 radical (unpaired) electrons. The summed E-state index contributed by atoms with van der Waals surface area (Å²) in [6.45, 7) is 6.76. The summed E-state index contributed by atoms with van der Waals surface area (Å²) >= 11 is 0. The topological polar surface area (TPSA) is 9.23 Å². The molecule has 0 atom stereocenters. The van der Waals surface area contributed by atoms with Crippen LogP contribution < -0.4 is 15.7 Å². The molecule has 0 aromatic heterocycles. The molecule has 0 aliphatic carbocycles. The molecule has 0 bridgehead atoms. The third-order valence-corrected chi connectivity index (χ3v) is 6.14. The van der Waals surface area contributed by atoms with Gasteiger partial charge in [0.1, 0.15) is 11.5 Å². The maximum absolute atomic E-state index is 6.59. The molecule has 1 nitrogen and oxygen atoms in total. The molecular weight excluding hydrogens is 351 g/mol. The molecule has 2 heteroatoms. The van der Waals surface area contributed by atoms with E-state index in [4.69, 9.17) is 4.74 Å². The molecule has 4 aromatic rings. The van der Waals surface area contributed by atoms with E-state index >= 15 is 0 Å². The van der Waals surface area contributed by atoms with Crippen LogP contribution in [-0.4, -0.2) is 6.71 Å². The predicted octanol–water partition coefficient (Wildman–Crippen LogP) is 6.04. The average molecular weight is 374 g/mol. The van der Waals surface area contributed by atoms with Gasteiger partial charge in [-0.1, -0.05) is 96.8 Å². The largest absolute Gasteiger partial charge is 0.458 e. The second-order valence-corrected chi connectivity index (χ2v) is 7.81.